The average molecular weight is 237 g/mol. The molecule has 0 aromatic carbocycles. The summed E-state index contributed by atoms with van der Waals surface area (Å²) in [7, 11) is 3.94. The van der Waals surface area contributed by atoms with E-state index in [4.69, 9.17) is 11.1 Å². The Hall–Kier alpha value is -1.52. The van der Waals surface area contributed by atoms with E-state index in [9.17, 15) is 0 Å². The third kappa shape index (κ3) is 2.43. The molecule has 0 aliphatic heterocycles. The van der Waals surface area contributed by atoms with Crippen LogP contribution < -0.4 is 10.6 Å². The van der Waals surface area contributed by atoms with Gasteiger partial charge in [-0.05, 0) is 19.8 Å². The maximum Gasteiger partial charge on any atom is 0.137 e. The van der Waals surface area contributed by atoms with E-state index in [1.165, 1.54) is 0 Å². The summed E-state index contributed by atoms with van der Waals surface area (Å²) in [5.74, 6) is 1.02. The number of anilines is 1. The third-order valence-corrected chi connectivity index (χ3v) is 3.29. The standard InChI is InChI=1S/C12H23N5/c1-6-9(7-2)16(4)12-10(11(13)14)8(3)15-17(12)5/h9H,6-7H2,1-5H3,(H3,13,14). The van der Waals surface area contributed by atoms with Crippen LogP contribution in [0.5, 0.6) is 0 Å². The first kappa shape index (κ1) is 13.5. The monoisotopic (exact) mass is 237 g/mol. The highest BCUT2D eigenvalue weighted by Crippen LogP contribution is 2.25. The zero-order chi connectivity index (χ0) is 13.2. The first-order valence-electron chi connectivity index (χ1n) is 6.04. The van der Waals surface area contributed by atoms with Crippen molar-refractivity contribution in [1.29, 1.82) is 5.41 Å². The third-order valence-electron chi connectivity index (χ3n) is 3.29. The minimum atomic E-state index is 0.0865. The molecule has 17 heavy (non-hydrogen) atoms. The van der Waals surface area contributed by atoms with Crippen molar-refractivity contribution in [2.75, 3.05) is 11.9 Å². The fraction of sp³-hybridized carbons (Fsp3) is 0.667. The molecular formula is C12H23N5. The van der Waals surface area contributed by atoms with Crippen LogP contribution in [0, 0.1) is 12.3 Å². The largest absolute Gasteiger partial charge is 0.384 e. The van der Waals surface area contributed by atoms with Gasteiger partial charge in [0.2, 0.25) is 0 Å². The lowest BCUT2D eigenvalue weighted by atomic mass is 10.1. The smallest absolute Gasteiger partial charge is 0.137 e. The Kier molecular flexibility index (Phi) is 4.15. The maximum absolute atomic E-state index is 7.68. The number of aryl methyl sites for hydroxylation is 2. The number of nitrogen functional groups attached to an aromatic ring is 1. The van der Waals surface area contributed by atoms with Crippen molar-refractivity contribution in [1.82, 2.24) is 9.78 Å². The van der Waals surface area contributed by atoms with Crippen LogP contribution in [0.3, 0.4) is 0 Å². The highest BCUT2D eigenvalue weighted by atomic mass is 15.4. The molecule has 1 aromatic heterocycles. The summed E-state index contributed by atoms with van der Waals surface area (Å²) >= 11 is 0. The summed E-state index contributed by atoms with van der Waals surface area (Å²) in [4.78, 5) is 2.18. The molecule has 3 N–H and O–H groups in total. The Morgan fingerprint density at radius 3 is 2.41 bits per heavy atom. The Morgan fingerprint density at radius 1 is 1.47 bits per heavy atom. The van der Waals surface area contributed by atoms with Gasteiger partial charge >= 0.3 is 0 Å². The molecule has 0 aliphatic rings. The van der Waals surface area contributed by atoms with Crippen LogP contribution in [0.15, 0.2) is 0 Å². The number of nitrogens with zero attached hydrogens (tertiary/aromatic N) is 3. The van der Waals surface area contributed by atoms with Crippen molar-refractivity contribution in [2.45, 2.75) is 39.7 Å². The first-order chi connectivity index (χ1) is 7.93. The average Bonchev–Trinajstić information content (AvgIpc) is 2.55. The first-order valence-corrected chi connectivity index (χ1v) is 6.04. The number of amidine groups is 1. The van der Waals surface area contributed by atoms with Gasteiger partial charge in [0.25, 0.3) is 0 Å². The molecular weight excluding hydrogens is 214 g/mol. The number of hydrogen-bond donors (Lipinski definition) is 2. The molecule has 1 heterocycles. The van der Waals surface area contributed by atoms with Crippen molar-refractivity contribution in [3.05, 3.63) is 11.3 Å². The lowest BCUT2D eigenvalue weighted by Gasteiger charge is -2.29. The number of rotatable bonds is 5. The second-order valence-electron chi connectivity index (χ2n) is 4.40. The molecule has 0 unspecified atom stereocenters. The molecule has 0 aliphatic carbocycles. The van der Waals surface area contributed by atoms with Crippen molar-refractivity contribution in [3.63, 3.8) is 0 Å². The Balaban J connectivity index is 3.25. The van der Waals surface area contributed by atoms with Crippen molar-refractivity contribution >= 4 is 11.7 Å². The predicted molar refractivity (Wildman–Crippen MR) is 71.7 cm³/mol. The second kappa shape index (κ2) is 5.21. The van der Waals surface area contributed by atoms with Crippen LogP contribution in [0.4, 0.5) is 5.82 Å². The Labute approximate surface area is 103 Å². The van der Waals surface area contributed by atoms with Crippen LogP contribution in [0.25, 0.3) is 0 Å². The lowest BCUT2D eigenvalue weighted by Crippen LogP contribution is -2.33. The van der Waals surface area contributed by atoms with Crippen molar-refractivity contribution in [3.8, 4) is 0 Å². The maximum atomic E-state index is 7.68. The molecule has 96 valence electrons. The van der Waals surface area contributed by atoms with Gasteiger partial charge in [-0.1, -0.05) is 13.8 Å². The fourth-order valence-corrected chi connectivity index (χ4v) is 2.38. The predicted octanol–water partition coefficient (Wildman–Crippen LogP) is 1.64. The van der Waals surface area contributed by atoms with Crippen LogP contribution in [0.1, 0.15) is 37.9 Å². The molecule has 0 fully saturated rings. The number of aromatic nitrogens is 2. The number of nitrogens with two attached hydrogens (primary N) is 1. The summed E-state index contributed by atoms with van der Waals surface area (Å²) < 4.78 is 1.81. The zero-order valence-electron chi connectivity index (χ0n) is 11.4. The minimum absolute atomic E-state index is 0.0865. The van der Waals surface area contributed by atoms with Gasteiger partial charge in [-0.2, -0.15) is 5.10 Å². The van der Waals surface area contributed by atoms with E-state index in [0.717, 1.165) is 29.9 Å². The summed E-state index contributed by atoms with van der Waals surface area (Å²) in [6.45, 7) is 6.23. The van der Waals surface area contributed by atoms with Gasteiger partial charge < -0.3 is 10.6 Å². The number of hydrogen-bond acceptors (Lipinski definition) is 3. The van der Waals surface area contributed by atoms with Gasteiger partial charge in [-0.3, -0.25) is 10.1 Å². The van der Waals surface area contributed by atoms with Crippen LogP contribution in [-0.4, -0.2) is 28.7 Å². The summed E-state index contributed by atoms with van der Waals surface area (Å²) in [5, 5.41) is 12.0. The summed E-state index contributed by atoms with van der Waals surface area (Å²) in [6.07, 6.45) is 2.13. The van der Waals surface area contributed by atoms with E-state index in [1.807, 2.05) is 25.7 Å². The van der Waals surface area contributed by atoms with Crippen LogP contribution >= 0.6 is 0 Å². The van der Waals surface area contributed by atoms with E-state index >= 15 is 0 Å². The SMILES string of the molecule is CCC(CC)N(C)c1c(C(=N)N)c(C)nn1C. The van der Waals surface area contributed by atoms with E-state index in [-0.39, 0.29) is 5.84 Å². The van der Waals surface area contributed by atoms with Crippen molar-refractivity contribution in [2.24, 2.45) is 12.8 Å². The molecule has 1 rings (SSSR count). The summed E-state index contributed by atoms with van der Waals surface area (Å²) in [5.41, 5.74) is 7.22. The van der Waals surface area contributed by atoms with Crippen LogP contribution in [0.2, 0.25) is 0 Å². The van der Waals surface area contributed by atoms with Gasteiger partial charge in [0.1, 0.15) is 11.7 Å². The zero-order valence-corrected chi connectivity index (χ0v) is 11.4. The van der Waals surface area contributed by atoms with Gasteiger partial charge in [0, 0.05) is 20.1 Å². The summed E-state index contributed by atoms with van der Waals surface area (Å²) in [6, 6.07) is 0.447. The molecule has 0 saturated carbocycles. The lowest BCUT2D eigenvalue weighted by molar-refractivity contribution is 0.572. The molecule has 5 nitrogen and oxygen atoms in total. The molecule has 0 atom stereocenters. The molecule has 0 radical (unpaired) electrons. The van der Waals surface area contributed by atoms with Gasteiger partial charge in [-0.15, -0.1) is 0 Å². The van der Waals surface area contributed by atoms with E-state index in [2.05, 4.69) is 23.8 Å². The van der Waals surface area contributed by atoms with Crippen molar-refractivity contribution < 1.29 is 0 Å². The molecule has 0 spiro atoms. The Morgan fingerprint density at radius 2 is 2.00 bits per heavy atom. The molecule has 0 saturated heterocycles. The van der Waals surface area contributed by atoms with E-state index < -0.39 is 0 Å². The normalized spacial score (nSPS) is 10.9. The van der Waals surface area contributed by atoms with Gasteiger partial charge in [-0.25, -0.2) is 0 Å². The quantitative estimate of drug-likeness (QED) is 0.604. The van der Waals surface area contributed by atoms with Gasteiger partial charge in [0.15, 0.2) is 0 Å². The molecule has 5 heteroatoms. The topological polar surface area (TPSA) is 70.9 Å². The highest BCUT2D eigenvalue weighted by molar-refractivity contribution is 6.00. The minimum Gasteiger partial charge on any atom is -0.384 e. The molecule has 0 bridgehead atoms. The Bertz CT molecular complexity index is 403. The molecule has 0 amide bonds. The molecule has 1 aromatic rings. The number of nitrogens with one attached hydrogen (secondary N) is 1. The van der Waals surface area contributed by atoms with E-state index in [1.54, 1.807) is 0 Å². The fourth-order valence-electron chi connectivity index (χ4n) is 2.38. The van der Waals surface area contributed by atoms with Gasteiger partial charge in [0.05, 0.1) is 11.3 Å². The van der Waals surface area contributed by atoms with E-state index in [0.29, 0.717) is 6.04 Å². The van der Waals surface area contributed by atoms with Crippen LogP contribution in [-0.2, 0) is 7.05 Å². The second-order valence-corrected chi connectivity index (χ2v) is 4.40. The highest BCUT2D eigenvalue weighted by Gasteiger charge is 2.22.